The Morgan fingerprint density at radius 1 is 0.524 bits per heavy atom. The second kappa shape index (κ2) is 17.3. The third-order valence-corrected chi connectivity index (χ3v) is 4.30. The zero-order valence-corrected chi connectivity index (χ0v) is 14.3. The Kier molecular flexibility index (Phi) is 16.6. The van der Waals surface area contributed by atoms with Gasteiger partial charge in [0.05, 0.1) is 0 Å². The Morgan fingerprint density at radius 3 is 1.38 bits per heavy atom. The first kappa shape index (κ1) is 20.2. The number of allylic oxidation sites excluding steroid dienone is 3. The van der Waals surface area contributed by atoms with Crippen molar-refractivity contribution in [1.82, 2.24) is 0 Å². The molecule has 0 spiro atoms. The fourth-order valence-electron chi connectivity index (χ4n) is 2.83. The first-order chi connectivity index (χ1) is 10.3. The molecule has 0 rings (SSSR count). The summed E-state index contributed by atoms with van der Waals surface area (Å²) in [5.41, 5.74) is 0. The zero-order valence-electron chi connectivity index (χ0n) is 14.3. The average Bonchev–Trinajstić information content (AvgIpc) is 2.51. The molecule has 122 valence electrons. The Morgan fingerprint density at radius 2 is 0.905 bits per heavy atom. The minimum atomic E-state index is 0.744. The predicted octanol–water partition coefficient (Wildman–Crippen LogP) is 7.62. The second-order valence-corrected chi connectivity index (χ2v) is 6.26. The van der Waals surface area contributed by atoms with Crippen LogP contribution >= 0.6 is 0 Å². The van der Waals surface area contributed by atoms with Crippen molar-refractivity contribution in [3.8, 4) is 0 Å². The molecule has 0 nitrogen and oxygen atoms in total. The van der Waals surface area contributed by atoms with Crippen LogP contribution in [0.15, 0.2) is 38.0 Å². The average molecular weight is 291 g/mol. The van der Waals surface area contributed by atoms with Crippen molar-refractivity contribution < 1.29 is 0 Å². The maximum atomic E-state index is 4.00. The van der Waals surface area contributed by atoms with Crippen molar-refractivity contribution in [2.24, 2.45) is 5.92 Å². The van der Waals surface area contributed by atoms with Gasteiger partial charge in [-0.1, -0.05) is 69.6 Å². The quantitative estimate of drug-likeness (QED) is 0.191. The van der Waals surface area contributed by atoms with Crippen molar-refractivity contribution in [2.45, 2.75) is 89.9 Å². The Hall–Kier alpha value is -0.780. The van der Waals surface area contributed by atoms with Crippen molar-refractivity contribution in [3.63, 3.8) is 0 Å². The van der Waals surface area contributed by atoms with E-state index in [1.807, 2.05) is 12.2 Å². The van der Waals surface area contributed by atoms with Gasteiger partial charge in [-0.3, -0.25) is 0 Å². The first-order valence-electron chi connectivity index (χ1n) is 9.19. The lowest BCUT2D eigenvalue weighted by molar-refractivity contribution is 0.473. The predicted molar refractivity (Wildman–Crippen MR) is 98.7 cm³/mol. The van der Waals surface area contributed by atoms with Crippen LogP contribution in [-0.4, -0.2) is 0 Å². The van der Waals surface area contributed by atoms with Crippen LogP contribution in [-0.2, 0) is 0 Å². The molecule has 1 unspecified atom stereocenters. The van der Waals surface area contributed by atoms with Gasteiger partial charge in [0.1, 0.15) is 0 Å². The van der Waals surface area contributed by atoms with E-state index in [4.69, 9.17) is 0 Å². The molecule has 0 radical (unpaired) electrons. The molecule has 0 heterocycles. The van der Waals surface area contributed by atoms with Crippen molar-refractivity contribution in [2.75, 3.05) is 0 Å². The van der Waals surface area contributed by atoms with Crippen LogP contribution in [0.3, 0.4) is 0 Å². The molecule has 0 amide bonds. The van der Waals surface area contributed by atoms with Gasteiger partial charge in [0, 0.05) is 0 Å². The van der Waals surface area contributed by atoms with E-state index in [-0.39, 0.29) is 0 Å². The van der Waals surface area contributed by atoms with Gasteiger partial charge in [-0.25, -0.2) is 0 Å². The molecule has 0 aromatic heterocycles. The van der Waals surface area contributed by atoms with Gasteiger partial charge in [0.2, 0.25) is 0 Å². The summed E-state index contributed by atoms with van der Waals surface area (Å²) < 4.78 is 0. The highest BCUT2D eigenvalue weighted by atomic mass is 14.1. The molecule has 1 atom stereocenters. The van der Waals surface area contributed by atoms with Crippen LogP contribution in [0.4, 0.5) is 0 Å². The molecule has 0 saturated carbocycles. The highest BCUT2D eigenvalue weighted by Crippen LogP contribution is 2.19. The van der Waals surface area contributed by atoms with E-state index >= 15 is 0 Å². The van der Waals surface area contributed by atoms with Gasteiger partial charge in [-0.15, -0.1) is 19.7 Å². The maximum Gasteiger partial charge on any atom is -0.0236 e. The number of hydrogen-bond donors (Lipinski definition) is 0. The maximum absolute atomic E-state index is 4.00. The van der Waals surface area contributed by atoms with Crippen LogP contribution in [0.1, 0.15) is 89.9 Å². The van der Waals surface area contributed by atoms with Gasteiger partial charge in [-0.2, -0.15) is 0 Å². The van der Waals surface area contributed by atoms with E-state index in [2.05, 4.69) is 25.8 Å². The fourth-order valence-corrected chi connectivity index (χ4v) is 2.83. The van der Waals surface area contributed by atoms with E-state index < -0.39 is 0 Å². The number of rotatable bonds is 17. The van der Waals surface area contributed by atoms with E-state index in [1.54, 1.807) is 0 Å². The van der Waals surface area contributed by atoms with Crippen LogP contribution in [0, 0.1) is 5.92 Å². The molecule has 0 saturated heterocycles. The Labute approximate surface area is 134 Å². The minimum absolute atomic E-state index is 0.744. The monoisotopic (exact) mass is 290 g/mol. The highest BCUT2D eigenvalue weighted by molar-refractivity contribution is 4.79. The summed E-state index contributed by atoms with van der Waals surface area (Å²) in [5, 5.41) is 0. The summed E-state index contributed by atoms with van der Waals surface area (Å²) in [7, 11) is 0. The topological polar surface area (TPSA) is 0 Å². The Balaban J connectivity index is 3.28. The smallest absolute Gasteiger partial charge is 0.0236 e. The largest absolute Gasteiger partial charge is 0.103 e. The van der Waals surface area contributed by atoms with E-state index in [0.29, 0.717) is 0 Å². The zero-order chi connectivity index (χ0) is 15.6. The third kappa shape index (κ3) is 15.4. The molecule has 21 heavy (non-hydrogen) atoms. The van der Waals surface area contributed by atoms with E-state index in [9.17, 15) is 0 Å². The fraction of sp³-hybridized carbons (Fsp3) is 0.714. The molecule has 0 bridgehead atoms. The van der Waals surface area contributed by atoms with Gasteiger partial charge in [0.15, 0.2) is 0 Å². The van der Waals surface area contributed by atoms with Crippen LogP contribution in [0.25, 0.3) is 0 Å². The number of hydrogen-bond acceptors (Lipinski definition) is 0. The van der Waals surface area contributed by atoms with Crippen molar-refractivity contribution in [1.29, 1.82) is 0 Å². The summed E-state index contributed by atoms with van der Waals surface area (Å²) in [4.78, 5) is 0. The normalized spacial score (nSPS) is 12.0. The summed E-state index contributed by atoms with van der Waals surface area (Å²) in [5.74, 6) is 0.744. The summed E-state index contributed by atoms with van der Waals surface area (Å²) >= 11 is 0. The van der Waals surface area contributed by atoms with Gasteiger partial charge >= 0.3 is 0 Å². The lowest BCUT2D eigenvalue weighted by Gasteiger charge is -2.11. The molecule has 0 fully saturated rings. The molecule has 0 aliphatic heterocycles. The molecule has 0 aromatic rings. The van der Waals surface area contributed by atoms with Gasteiger partial charge in [0.25, 0.3) is 0 Å². The molecule has 0 aliphatic carbocycles. The molecule has 0 heteroatoms. The van der Waals surface area contributed by atoms with Crippen LogP contribution in [0.2, 0.25) is 0 Å². The lowest BCUT2D eigenvalue weighted by Crippen LogP contribution is -1.96. The van der Waals surface area contributed by atoms with E-state index in [1.165, 1.54) is 83.5 Å². The van der Waals surface area contributed by atoms with Gasteiger partial charge in [-0.05, 0) is 44.4 Å². The molecule has 0 aromatic carbocycles. The van der Waals surface area contributed by atoms with Gasteiger partial charge < -0.3 is 0 Å². The summed E-state index contributed by atoms with van der Waals surface area (Å²) in [6.45, 7) is 11.5. The van der Waals surface area contributed by atoms with Crippen LogP contribution in [0.5, 0.6) is 0 Å². The second-order valence-electron chi connectivity index (χ2n) is 6.26. The summed E-state index contributed by atoms with van der Waals surface area (Å²) in [6, 6.07) is 0. The highest BCUT2D eigenvalue weighted by Gasteiger charge is 2.03. The molecule has 0 N–H and O–H groups in total. The molecular formula is C21H38. The number of unbranched alkanes of at least 4 members (excludes halogenated alkanes) is 10. The molecule has 0 aliphatic rings. The SMILES string of the molecule is C=CCCCCCCCCCCC(C=C)CCCCC=C. The molecular weight excluding hydrogens is 252 g/mol. The van der Waals surface area contributed by atoms with E-state index in [0.717, 1.165) is 12.3 Å². The third-order valence-electron chi connectivity index (χ3n) is 4.30. The standard InChI is InChI=1S/C21H38/c1-4-7-9-11-12-13-14-15-16-18-20-21(6-3)19-17-10-8-5-2/h4-6,21H,1-3,7-20H2. The first-order valence-corrected chi connectivity index (χ1v) is 9.19. The Bertz CT molecular complexity index is 238. The minimum Gasteiger partial charge on any atom is -0.103 e. The van der Waals surface area contributed by atoms with Crippen molar-refractivity contribution >= 4 is 0 Å². The summed E-state index contributed by atoms with van der Waals surface area (Å²) in [6.07, 6.45) is 25.0. The van der Waals surface area contributed by atoms with Crippen molar-refractivity contribution in [3.05, 3.63) is 38.0 Å². The lowest BCUT2D eigenvalue weighted by atomic mass is 9.94. The van der Waals surface area contributed by atoms with Crippen LogP contribution < -0.4 is 0 Å².